The minimum absolute atomic E-state index is 0.169. The van der Waals surface area contributed by atoms with Crippen LogP contribution in [0.3, 0.4) is 0 Å². The smallest absolute Gasteiger partial charge is 0.123 e. The average molecular weight is 279 g/mol. The molecular weight excluding hydrogens is 263 g/mol. The van der Waals surface area contributed by atoms with Crippen molar-refractivity contribution in [2.24, 2.45) is 0 Å². The fourth-order valence-corrected chi connectivity index (χ4v) is 2.25. The molecule has 0 heterocycles. The van der Waals surface area contributed by atoms with Crippen molar-refractivity contribution in [1.82, 2.24) is 0 Å². The van der Waals surface area contributed by atoms with E-state index >= 15 is 0 Å². The lowest BCUT2D eigenvalue weighted by Gasteiger charge is -2.11. The number of hydrogen-bond acceptors (Lipinski definition) is 1. The maximum Gasteiger partial charge on any atom is 0.123 e. The Bertz CT molecular complexity index is 525. The minimum atomic E-state index is -0.229. The highest BCUT2D eigenvalue weighted by atomic mass is 35.5. The highest BCUT2D eigenvalue weighted by Gasteiger charge is 2.09. The zero-order valence-corrected chi connectivity index (χ0v) is 11.5. The summed E-state index contributed by atoms with van der Waals surface area (Å²) in [6.45, 7) is 2.59. The third-order valence-electron chi connectivity index (χ3n) is 2.86. The van der Waals surface area contributed by atoms with Crippen molar-refractivity contribution in [1.29, 1.82) is 0 Å². The number of rotatable bonds is 5. The van der Waals surface area contributed by atoms with E-state index in [1.54, 1.807) is 6.07 Å². The molecule has 1 nitrogen and oxygen atoms in total. The van der Waals surface area contributed by atoms with Gasteiger partial charge in [-0.25, -0.2) is 4.39 Å². The Hall–Kier alpha value is -1.54. The summed E-state index contributed by atoms with van der Waals surface area (Å²) in [5.74, 6) is 0.605. The summed E-state index contributed by atoms with van der Waals surface area (Å²) >= 11 is 6.36. The first-order valence-corrected chi connectivity index (χ1v) is 6.74. The van der Waals surface area contributed by atoms with Crippen LogP contribution in [0.4, 0.5) is 4.39 Å². The molecule has 0 aromatic heterocycles. The summed E-state index contributed by atoms with van der Waals surface area (Å²) in [6, 6.07) is 14.2. The van der Waals surface area contributed by atoms with E-state index in [2.05, 4.69) is 0 Å². The van der Waals surface area contributed by atoms with Crippen molar-refractivity contribution in [3.05, 3.63) is 65.5 Å². The maximum atomic E-state index is 13.1. The predicted octanol–water partition coefficient (Wildman–Crippen LogP) is 4.75. The van der Waals surface area contributed by atoms with Crippen LogP contribution in [-0.4, -0.2) is 6.61 Å². The van der Waals surface area contributed by atoms with E-state index in [0.29, 0.717) is 13.0 Å². The summed E-state index contributed by atoms with van der Waals surface area (Å²) < 4.78 is 18.5. The first-order chi connectivity index (χ1) is 9.19. The number of benzene rings is 2. The summed E-state index contributed by atoms with van der Waals surface area (Å²) in [5.41, 5.74) is 1.91. The fourth-order valence-electron chi connectivity index (χ4n) is 1.93. The Morgan fingerprint density at radius 2 is 1.89 bits per heavy atom. The summed E-state index contributed by atoms with van der Waals surface area (Å²) in [7, 11) is 0. The van der Waals surface area contributed by atoms with E-state index in [1.807, 2.05) is 37.3 Å². The van der Waals surface area contributed by atoms with Gasteiger partial charge in [-0.05, 0) is 48.7 Å². The van der Waals surface area contributed by atoms with E-state index in [9.17, 15) is 4.39 Å². The van der Waals surface area contributed by atoms with E-state index < -0.39 is 0 Å². The molecule has 2 rings (SSSR count). The Kier molecular flexibility index (Phi) is 4.80. The van der Waals surface area contributed by atoms with Crippen molar-refractivity contribution in [3.8, 4) is 5.75 Å². The molecular formula is C16H16ClFO. The molecule has 0 N–H and O–H groups in total. The number of alkyl halides is 1. The average Bonchev–Trinajstić information content (AvgIpc) is 2.40. The van der Waals surface area contributed by atoms with Crippen LogP contribution in [-0.2, 0) is 6.42 Å². The van der Waals surface area contributed by atoms with Gasteiger partial charge in [-0.3, -0.25) is 0 Å². The molecule has 0 fully saturated rings. The van der Waals surface area contributed by atoms with Gasteiger partial charge in [0.2, 0.25) is 0 Å². The fraction of sp³-hybridized carbons (Fsp3) is 0.250. The Morgan fingerprint density at radius 1 is 1.16 bits per heavy atom. The van der Waals surface area contributed by atoms with Crippen molar-refractivity contribution in [3.63, 3.8) is 0 Å². The second-order valence-corrected chi connectivity index (χ2v) is 4.83. The first kappa shape index (κ1) is 13.9. The molecule has 0 saturated carbocycles. The van der Waals surface area contributed by atoms with Crippen LogP contribution in [0, 0.1) is 5.82 Å². The molecule has 0 aliphatic carbocycles. The third-order valence-corrected chi connectivity index (χ3v) is 3.26. The van der Waals surface area contributed by atoms with Crippen LogP contribution >= 0.6 is 11.6 Å². The van der Waals surface area contributed by atoms with E-state index in [-0.39, 0.29) is 11.2 Å². The van der Waals surface area contributed by atoms with Crippen LogP contribution in [0.5, 0.6) is 5.75 Å². The van der Waals surface area contributed by atoms with Gasteiger partial charge in [-0.1, -0.05) is 24.3 Å². The molecule has 1 unspecified atom stereocenters. The molecule has 0 amide bonds. The van der Waals surface area contributed by atoms with Crippen molar-refractivity contribution in [2.75, 3.05) is 6.61 Å². The summed E-state index contributed by atoms with van der Waals surface area (Å²) in [4.78, 5) is 0. The highest BCUT2D eigenvalue weighted by Crippen LogP contribution is 2.26. The summed E-state index contributed by atoms with van der Waals surface area (Å²) in [6.07, 6.45) is 0.604. The van der Waals surface area contributed by atoms with Gasteiger partial charge in [0.15, 0.2) is 0 Å². The predicted molar refractivity (Wildman–Crippen MR) is 76.3 cm³/mol. The molecule has 0 bridgehead atoms. The quantitative estimate of drug-likeness (QED) is 0.717. The van der Waals surface area contributed by atoms with Gasteiger partial charge in [-0.2, -0.15) is 0 Å². The Balaban J connectivity index is 2.05. The van der Waals surface area contributed by atoms with Gasteiger partial charge < -0.3 is 4.74 Å². The molecule has 2 aromatic rings. The number of halogens is 2. The van der Waals surface area contributed by atoms with E-state index in [0.717, 1.165) is 16.9 Å². The lowest BCUT2D eigenvalue weighted by molar-refractivity contribution is 0.340. The van der Waals surface area contributed by atoms with Crippen LogP contribution in [0.25, 0.3) is 0 Å². The van der Waals surface area contributed by atoms with Gasteiger partial charge in [-0.15, -0.1) is 11.6 Å². The lowest BCUT2D eigenvalue weighted by Crippen LogP contribution is -1.97. The molecule has 19 heavy (non-hydrogen) atoms. The van der Waals surface area contributed by atoms with Crippen molar-refractivity contribution in [2.45, 2.75) is 18.7 Å². The van der Waals surface area contributed by atoms with Crippen LogP contribution in [0.15, 0.2) is 48.5 Å². The number of ether oxygens (including phenoxy) is 1. The molecule has 1 atom stereocenters. The normalized spacial score (nSPS) is 12.2. The monoisotopic (exact) mass is 278 g/mol. The van der Waals surface area contributed by atoms with Gasteiger partial charge in [0.05, 0.1) is 12.0 Å². The molecule has 0 spiro atoms. The lowest BCUT2D eigenvalue weighted by atomic mass is 10.0. The van der Waals surface area contributed by atoms with Gasteiger partial charge in [0, 0.05) is 0 Å². The zero-order chi connectivity index (χ0) is 13.7. The Labute approximate surface area is 118 Å². The highest BCUT2D eigenvalue weighted by molar-refractivity contribution is 6.20. The third kappa shape index (κ3) is 3.97. The molecule has 3 heteroatoms. The zero-order valence-electron chi connectivity index (χ0n) is 10.8. The molecule has 0 radical (unpaired) electrons. The van der Waals surface area contributed by atoms with E-state index in [4.69, 9.17) is 16.3 Å². The van der Waals surface area contributed by atoms with Gasteiger partial charge in [0.25, 0.3) is 0 Å². The second kappa shape index (κ2) is 6.58. The molecule has 0 aliphatic rings. The SMILES string of the molecule is CCOc1ccc(C(Cl)Cc2cccc(F)c2)cc1. The van der Waals surface area contributed by atoms with Crippen LogP contribution in [0.2, 0.25) is 0 Å². The van der Waals surface area contributed by atoms with E-state index in [1.165, 1.54) is 12.1 Å². The Morgan fingerprint density at radius 3 is 2.53 bits per heavy atom. The van der Waals surface area contributed by atoms with Gasteiger partial charge in [0.1, 0.15) is 11.6 Å². The summed E-state index contributed by atoms with van der Waals surface area (Å²) in [5, 5.41) is -0.169. The number of hydrogen-bond donors (Lipinski definition) is 0. The van der Waals surface area contributed by atoms with Crippen LogP contribution in [0.1, 0.15) is 23.4 Å². The standard InChI is InChI=1S/C16H16ClFO/c1-2-19-15-8-6-13(7-9-15)16(17)11-12-4-3-5-14(18)10-12/h3-10,16H,2,11H2,1H3. The van der Waals surface area contributed by atoms with Crippen LogP contribution < -0.4 is 4.74 Å². The molecule has 0 saturated heterocycles. The minimum Gasteiger partial charge on any atom is -0.494 e. The maximum absolute atomic E-state index is 13.1. The molecule has 0 aliphatic heterocycles. The second-order valence-electron chi connectivity index (χ2n) is 4.30. The van der Waals surface area contributed by atoms with Gasteiger partial charge >= 0.3 is 0 Å². The largest absolute Gasteiger partial charge is 0.494 e. The van der Waals surface area contributed by atoms with Crippen molar-refractivity contribution < 1.29 is 9.13 Å². The van der Waals surface area contributed by atoms with Crippen molar-refractivity contribution >= 4 is 11.6 Å². The first-order valence-electron chi connectivity index (χ1n) is 6.30. The topological polar surface area (TPSA) is 9.23 Å². The molecule has 2 aromatic carbocycles. The molecule has 100 valence electrons.